The number of hydrogen-bond acceptors (Lipinski definition) is 27. The molecule has 8 amide bonds. The van der Waals surface area contributed by atoms with E-state index in [1.54, 1.807) is 33.9 Å². The number of likely N-dealkylation sites (tertiary alicyclic amines) is 3. The number of carboxylic acids is 1. The zero-order valence-corrected chi connectivity index (χ0v) is 90.7. The summed E-state index contributed by atoms with van der Waals surface area (Å²) in [5, 5.41) is 48.3. The number of aliphatic hydroxyl groups excluding tert-OH is 2. The quantitative estimate of drug-likeness (QED) is 0.0176. The van der Waals surface area contributed by atoms with E-state index in [2.05, 4.69) is 86.1 Å². The third-order valence-corrected chi connectivity index (χ3v) is 31.6. The number of benzene rings is 4. The number of β-amino-alcohol motifs (C(OH)–C–C–N with tert-alkyl or cyclic N) is 2. The number of nitrogens with one attached hydrogen (secondary N) is 7. The van der Waals surface area contributed by atoms with E-state index in [4.69, 9.17) is 38.8 Å². The minimum absolute atomic E-state index is 0.0338. The lowest BCUT2D eigenvalue weighted by molar-refractivity contribution is -0.146. The van der Waals surface area contributed by atoms with Crippen molar-refractivity contribution in [2.45, 2.75) is 257 Å². The van der Waals surface area contributed by atoms with E-state index < -0.39 is 87.6 Å². The molecule has 36 nitrogen and oxygen atoms in total. The van der Waals surface area contributed by atoms with Crippen LogP contribution in [0.1, 0.15) is 217 Å². The Morgan fingerprint density at radius 3 is 1.52 bits per heavy atom. The van der Waals surface area contributed by atoms with Crippen molar-refractivity contribution >= 4 is 145 Å². The Morgan fingerprint density at radius 2 is 1.03 bits per heavy atom. The van der Waals surface area contributed by atoms with Gasteiger partial charge in [0.05, 0.1) is 85.2 Å². The van der Waals surface area contributed by atoms with Crippen LogP contribution in [0.4, 0.5) is 16.4 Å². The number of carboxylic acid groups (broad SMARTS) is 1. The number of Topliss-reactive ketones (excluding diaryl/α,β-unsaturated/α-hetero) is 2. The number of aliphatic hydroxyl groups is 2. The summed E-state index contributed by atoms with van der Waals surface area (Å²) in [6.07, 6.45) is 11.5. The SMILES string of the molecule is CC(C)(C)OC(=O)NC1(C(=O)N[C@@H](CCN2CCCCC2)c2ccc(Cl)cc2)CCN(c2ncnc3[nH]ccc23)CC1.Cc1ncsc1-c1ccc(CCC(=O)[C@@H]2C[C@@H](O)CN2C(=O)[C@@H](CC(=O)CCC(=O)O)C(C)(C)C)cc1.Cc1ncsc1-c1ccc(CNC(=O)[C@@H]2C[C@@H](O)CN2C(=O)[C@@H](NC(=O)CCC(=O)N2CCN(CC[C@H](NC(=O)C3(N)CCN(c4ncnc5[nH]ccc45)CC3)c3ccc(Cl)cc3)CC2)C(C)(C)C)cc1. The minimum Gasteiger partial charge on any atom is -0.481 e. The number of piperidine rings is 3. The van der Waals surface area contributed by atoms with Gasteiger partial charge in [-0.2, -0.15) is 0 Å². The van der Waals surface area contributed by atoms with E-state index in [0.29, 0.717) is 107 Å². The molecule has 6 saturated heterocycles. The number of anilines is 2. The summed E-state index contributed by atoms with van der Waals surface area (Å²) >= 11 is 15.6. The number of aromatic nitrogens is 8. The minimum atomic E-state index is -1.14. The number of ketones is 2. The summed E-state index contributed by atoms with van der Waals surface area (Å²) in [5.74, 6) is -2.76. The number of thiazole rings is 2. The predicted octanol–water partition coefficient (Wildman–Crippen LogP) is 13.6. The molecular formula is C110H143Cl2N21O15S2. The molecule has 0 bridgehead atoms. The molecule has 804 valence electrons. The number of ether oxygens (including phenoxy) is 1. The Balaban J connectivity index is 0.000000191. The lowest BCUT2D eigenvalue weighted by Crippen LogP contribution is -2.64. The zero-order valence-electron chi connectivity index (χ0n) is 87.5. The Morgan fingerprint density at radius 1 is 0.533 bits per heavy atom. The Labute approximate surface area is 893 Å². The second-order valence-corrected chi connectivity index (χ2v) is 46.0. The first kappa shape index (κ1) is 113. The molecule has 4 aromatic carbocycles. The molecule has 6 aliphatic heterocycles. The second-order valence-electron chi connectivity index (χ2n) is 43.4. The van der Waals surface area contributed by atoms with Gasteiger partial charge in [-0.25, -0.2) is 34.7 Å². The Bertz CT molecular complexity index is 6310. The van der Waals surface area contributed by atoms with Gasteiger partial charge in [0.1, 0.15) is 64.6 Å². The van der Waals surface area contributed by atoms with Crippen molar-refractivity contribution in [1.82, 2.24) is 91.0 Å². The van der Waals surface area contributed by atoms with E-state index in [0.717, 1.165) is 114 Å². The Kier molecular flexibility index (Phi) is 38.4. The van der Waals surface area contributed by atoms with Crippen LogP contribution in [0.15, 0.2) is 145 Å². The second kappa shape index (κ2) is 50.8. The zero-order chi connectivity index (χ0) is 108. The van der Waals surface area contributed by atoms with E-state index in [1.807, 2.05) is 209 Å². The van der Waals surface area contributed by atoms with Crippen LogP contribution in [0.25, 0.3) is 42.9 Å². The van der Waals surface area contributed by atoms with Gasteiger partial charge in [-0.1, -0.05) is 144 Å². The first-order chi connectivity index (χ1) is 71.4. The largest absolute Gasteiger partial charge is 0.481 e. The average Bonchev–Trinajstić information content (AvgIpc) is 1.25. The maximum Gasteiger partial charge on any atom is 0.408 e. The molecular weight excluding hydrogens is 1990 g/mol. The maximum absolute atomic E-state index is 14.3. The van der Waals surface area contributed by atoms with Gasteiger partial charge < -0.3 is 91.7 Å². The summed E-state index contributed by atoms with van der Waals surface area (Å²) in [5.41, 5.74) is 15.6. The van der Waals surface area contributed by atoms with E-state index in [1.165, 1.54) is 35.4 Å². The summed E-state index contributed by atoms with van der Waals surface area (Å²) < 4.78 is 5.61. The van der Waals surface area contributed by atoms with Crippen LogP contribution in [-0.2, 0) is 65.6 Å². The summed E-state index contributed by atoms with van der Waals surface area (Å²) in [7, 11) is 0. The lowest BCUT2D eigenvalue weighted by atomic mass is 9.76. The van der Waals surface area contributed by atoms with Crippen LogP contribution in [0.2, 0.25) is 10.0 Å². The number of halogens is 2. The number of carbonyl (C=O) groups excluding carboxylic acids is 10. The third kappa shape index (κ3) is 30.2. The molecule has 6 fully saturated rings. The molecule has 16 rings (SSSR count). The highest BCUT2D eigenvalue weighted by atomic mass is 35.5. The predicted molar refractivity (Wildman–Crippen MR) is 579 cm³/mol. The normalized spacial score (nSPS) is 18.9. The summed E-state index contributed by atoms with van der Waals surface area (Å²) in [6, 6.07) is 31.7. The number of piperazine rings is 1. The number of nitrogens with zero attached hydrogens (tertiary/aromatic N) is 13. The van der Waals surface area contributed by atoms with Gasteiger partial charge in [0.15, 0.2) is 5.78 Å². The van der Waals surface area contributed by atoms with Gasteiger partial charge in [-0.3, -0.25) is 52.8 Å². The number of hydrogen-bond donors (Lipinski definition) is 11. The molecule has 0 radical (unpaired) electrons. The van der Waals surface area contributed by atoms with Crippen LogP contribution in [0.5, 0.6) is 0 Å². The van der Waals surface area contributed by atoms with Gasteiger partial charge in [-0.05, 0) is 186 Å². The highest BCUT2D eigenvalue weighted by Crippen LogP contribution is 2.39. The van der Waals surface area contributed by atoms with Crippen LogP contribution >= 0.6 is 45.9 Å². The fraction of sp³-hybridized carbons (Fsp3) is 0.518. The topological polar surface area (TPSA) is 475 Å². The standard InChI is InChI=1S/C51H65ClN12O6S.C31H42ClN7O3.C28H36N2O6S/c1-32-43(71-31-58-32)35-7-5-33(6-8-35)28-55-47(68)40-27-37(65)29-64(40)48(69)44(50(2,3)4)60-41(66)13-14-42(67)62-25-23-61(24-26-62)20-16-39(34-9-11-36(52)12-10-34)59-49(70)51(53)17-21-63(22-18-51)46-38-15-19-54-45(38)56-30-57-46;1-30(2,3)42-29(41)37-31(13-19-39(20-14-31)27-24-11-15-33-26(24)34-21-35-27)28(40)36-25(22-7-9-23(32)10-8-22)12-18-38-16-5-4-6-17-38;1-17-26(37-16-29-17)19-8-5-18(6-9-19)7-11-24(33)23-14-21(32)15-30(23)27(36)22(28(2,3)4)13-20(31)10-12-25(34)35/h5-12,15,19,30-31,37,39-40,44,65H,13-14,16-18,20-29,53H2,1-4H3,(H,55,68)(H,59,70)(H,60,66)(H,54,56,57);7-11,15,21,25H,4-6,12-14,16-20H2,1-3H3,(H,36,40)(H,37,41)(H,33,34,35);5-6,8-9,16,21-23,32H,7,10-15H2,1-4H3,(H,34,35)/t37-,39+,40+,44-;25-;21-,22-,23+/m101/s1. The number of aliphatic carboxylic acids is 1. The van der Waals surface area contributed by atoms with E-state index in [9.17, 15) is 63.0 Å². The number of carbonyl (C=O) groups is 11. The van der Waals surface area contributed by atoms with Gasteiger partial charge in [0.25, 0.3) is 0 Å². The van der Waals surface area contributed by atoms with Crippen LogP contribution < -0.4 is 42.1 Å². The molecule has 40 heteroatoms. The first-order valence-corrected chi connectivity index (χ1v) is 54.5. The maximum atomic E-state index is 14.3. The van der Waals surface area contributed by atoms with Crippen molar-refractivity contribution in [3.8, 4) is 20.9 Å². The third-order valence-electron chi connectivity index (χ3n) is 29.2. The van der Waals surface area contributed by atoms with Crippen molar-refractivity contribution in [2.75, 3.05) is 101 Å². The van der Waals surface area contributed by atoms with Crippen molar-refractivity contribution in [2.24, 2.45) is 22.5 Å². The molecule has 0 spiro atoms. The molecule has 12 heterocycles. The van der Waals surface area contributed by atoms with Crippen molar-refractivity contribution in [3.05, 3.63) is 189 Å². The number of rotatable bonds is 35. The summed E-state index contributed by atoms with van der Waals surface area (Å²) in [4.78, 5) is 194. The monoisotopic (exact) mass is 2130 g/mol. The van der Waals surface area contributed by atoms with Gasteiger partial charge in [0.2, 0.25) is 41.4 Å². The molecule has 10 aromatic rings. The molecule has 0 unspecified atom stereocenters. The highest BCUT2D eigenvalue weighted by molar-refractivity contribution is 7.13. The fourth-order valence-corrected chi connectivity index (χ4v) is 22.2. The van der Waals surface area contributed by atoms with Crippen LogP contribution in [-0.4, -0.2) is 283 Å². The van der Waals surface area contributed by atoms with E-state index in [-0.39, 0.29) is 124 Å². The molecule has 0 aliphatic carbocycles. The first-order valence-electron chi connectivity index (χ1n) is 51.9. The number of H-pyrrole nitrogens is 2. The van der Waals surface area contributed by atoms with Crippen LogP contribution in [0.3, 0.4) is 0 Å². The molecule has 6 aliphatic rings. The number of aryl methyl sites for hydroxylation is 3. The molecule has 0 saturated carbocycles. The van der Waals surface area contributed by atoms with Crippen molar-refractivity contribution < 1.29 is 72.8 Å². The van der Waals surface area contributed by atoms with E-state index >= 15 is 0 Å². The van der Waals surface area contributed by atoms with Crippen LogP contribution in [0, 0.1) is 30.6 Å². The number of amides is 8. The van der Waals surface area contributed by atoms with Gasteiger partial charge in [0, 0.05) is 158 Å². The number of alkyl carbamates (subject to hydrolysis) is 1. The molecule has 8 atom stereocenters. The smallest absolute Gasteiger partial charge is 0.408 e. The van der Waals surface area contributed by atoms with Crippen molar-refractivity contribution in [1.29, 1.82) is 0 Å². The molecule has 150 heavy (non-hydrogen) atoms. The van der Waals surface area contributed by atoms with Gasteiger partial charge in [-0.15, -0.1) is 22.7 Å². The number of aromatic amines is 2. The number of fused-ring (bicyclic) bond motifs is 2. The average molecular weight is 2130 g/mol. The van der Waals surface area contributed by atoms with Gasteiger partial charge >= 0.3 is 12.1 Å². The summed E-state index contributed by atoms with van der Waals surface area (Å²) in [6.45, 7) is 28.7. The fourth-order valence-electron chi connectivity index (χ4n) is 20.4. The molecule has 6 aromatic heterocycles. The number of nitrogens with two attached hydrogens (primary N) is 1. The highest BCUT2D eigenvalue weighted by Gasteiger charge is 2.49. The van der Waals surface area contributed by atoms with Crippen molar-refractivity contribution in [3.63, 3.8) is 0 Å². The molecule has 12 N–H and O–H groups in total. The lowest BCUT2D eigenvalue weighted by Gasteiger charge is -2.42. The Hall–Kier alpha value is -12.3.